The van der Waals surface area contributed by atoms with E-state index in [9.17, 15) is 0 Å². The molecule has 0 saturated carbocycles. The van der Waals surface area contributed by atoms with Crippen molar-refractivity contribution in [2.45, 2.75) is 39.3 Å². The van der Waals surface area contributed by atoms with Gasteiger partial charge >= 0.3 is 0 Å². The maximum absolute atomic E-state index is 5.39. The van der Waals surface area contributed by atoms with E-state index in [-0.39, 0.29) is 0 Å². The zero-order valence-corrected chi connectivity index (χ0v) is 12.1. The van der Waals surface area contributed by atoms with Crippen molar-refractivity contribution in [2.24, 2.45) is 11.7 Å². The van der Waals surface area contributed by atoms with Crippen LogP contribution in [0.3, 0.4) is 0 Å². The Hall–Kier alpha value is -0.820. The average molecular weight is 262 g/mol. The van der Waals surface area contributed by atoms with Crippen LogP contribution in [0.25, 0.3) is 0 Å². The first-order valence-corrected chi connectivity index (χ1v) is 7.52. The molecule has 0 radical (unpaired) electrons. The van der Waals surface area contributed by atoms with E-state index < -0.39 is 0 Å². The standard InChI is InChI=1S/C15H22N2S/c1-12-5-6-13(2)17(10-12)11-15-8-7-14(18-15)4-3-9-16/h7-8,12-13H,5-6,9-11,16H2,1-2H3. The molecular formula is C15H22N2S. The first kappa shape index (κ1) is 13.6. The van der Waals surface area contributed by atoms with Crippen molar-refractivity contribution in [1.82, 2.24) is 4.90 Å². The monoisotopic (exact) mass is 262 g/mol. The molecule has 1 aromatic heterocycles. The van der Waals surface area contributed by atoms with Gasteiger partial charge in [-0.25, -0.2) is 0 Å². The van der Waals surface area contributed by atoms with Crippen LogP contribution in [0.5, 0.6) is 0 Å². The number of likely N-dealkylation sites (tertiary alicyclic amines) is 1. The Morgan fingerprint density at radius 3 is 3.00 bits per heavy atom. The number of thiophene rings is 1. The number of hydrogen-bond donors (Lipinski definition) is 1. The molecule has 18 heavy (non-hydrogen) atoms. The molecule has 2 rings (SSSR count). The lowest BCUT2D eigenvalue weighted by Crippen LogP contribution is -2.40. The SMILES string of the molecule is CC1CCC(C)N(Cc2ccc(C#CCN)s2)C1. The molecule has 2 nitrogen and oxygen atoms in total. The molecule has 98 valence electrons. The van der Waals surface area contributed by atoms with Gasteiger partial charge in [0.1, 0.15) is 0 Å². The molecule has 0 spiro atoms. The van der Waals surface area contributed by atoms with Gasteiger partial charge in [0.25, 0.3) is 0 Å². The van der Waals surface area contributed by atoms with Gasteiger partial charge in [0, 0.05) is 24.0 Å². The molecule has 0 aromatic carbocycles. The topological polar surface area (TPSA) is 29.3 Å². The van der Waals surface area contributed by atoms with Crippen molar-refractivity contribution in [3.63, 3.8) is 0 Å². The minimum absolute atomic E-state index is 0.438. The number of rotatable bonds is 2. The van der Waals surface area contributed by atoms with Gasteiger partial charge in [-0.05, 0) is 37.8 Å². The summed E-state index contributed by atoms with van der Waals surface area (Å²) in [6, 6.07) is 5.03. The summed E-state index contributed by atoms with van der Waals surface area (Å²) in [5, 5.41) is 0. The molecule has 0 amide bonds. The van der Waals surface area contributed by atoms with Crippen molar-refractivity contribution < 1.29 is 0 Å². The molecule has 2 N–H and O–H groups in total. The Kier molecular flexibility index (Phi) is 4.82. The minimum Gasteiger partial charge on any atom is -0.320 e. The molecule has 1 saturated heterocycles. The zero-order valence-electron chi connectivity index (χ0n) is 11.3. The smallest absolute Gasteiger partial charge is 0.0772 e. The molecule has 3 heteroatoms. The van der Waals surface area contributed by atoms with E-state index in [2.05, 4.69) is 42.7 Å². The summed E-state index contributed by atoms with van der Waals surface area (Å²) in [6.45, 7) is 7.43. The Balaban J connectivity index is 1.98. The second-order valence-electron chi connectivity index (χ2n) is 5.23. The van der Waals surface area contributed by atoms with E-state index in [0.717, 1.165) is 17.3 Å². The van der Waals surface area contributed by atoms with Crippen molar-refractivity contribution >= 4 is 11.3 Å². The predicted octanol–water partition coefficient (Wildman–Crippen LogP) is 2.68. The van der Waals surface area contributed by atoms with Gasteiger partial charge in [0.2, 0.25) is 0 Å². The quantitative estimate of drug-likeness (QED) is 0.830. The van der Waals surface area contributed by atoms with Crippen LogP contribution >= 0.6 is 11.3 Å². The second kappa shape index (κ2) is 6.38. The highest BCUT2D eigenvalue weighted by atomic mass is 32.1. The van der Waals surface area contributed by atoms with Gasteiger partial charge in [-0.15, -0.1) is 11.3 Å². The third-order valence-electron chi connectivity index (χ3n) is 3.58. The van der Waals surface area contributed by atoms with Crippen molar-refractivity contribution in [3.05, 3.63) is 21.9 Å². The molecule has 1 fully saturated rings. The lowest BCUT2D eigenvalue weighted by Gasteiger charge is -2.36. The number of piperidine rings is 1. The third-order valence-corrected chi connectivity index (χ3v) is 4.57. The molecule has 2 atom stereocenters. The summed E-state index contributed by atoms with van der Waals surface area (Å²) in [7, 11) is 0. The van der Waals surface area contributed by atoms with E-state index in [1.54, 1.807) is 11.3 Å². The highest BCUT2D eigenvalue weighted by Crippen LogP contribution is 2.25. The molecule has 0 aliphatic carbocycles. The zero-order chi connectivity index (χ0) is 13.0. The summed E-state index contributed by atoms with van der Waals surface area (Å²) in [4.78, 5) is 5.14. The molecule has 1 aromatic rings. The molecule has 0 bridgehead atoms. The fourth-order valence-electron chi connectivity index (χ4n) is 2.47. The summed E-state index contributed by atoms with van der Waals surface area (Å²) in [6.07, 6.45) is 2.70. The van der Waals surface area contributed by atoms with Crippen molar-refractivity contribution in [2.75, 3.05) is 13.1 Å². The van der Waals surface area contributed by atoms with Crippen LogP contribution in [0.1, 0.15) is 36.4 Å². The van der Waals surface area contributed by atoms with Crippen molar-refractivity contribution in [1.29, 1.82) is 0 Å². The summed E-state index contributed by atoms with van der Waals surface area (Å²) >= 11 is 1.80. The average Bonchev–Trinajstić information content (AvgIpc) is 2.79. The van der Waals surface area contributed by atoms with Crippen molar-refractivity contribution in [3.8, 4) is 11.8 Å². The fourth-order valence-corrected chi connectivity index (χ4v) is 3.38. The highest BCUT2D eigenvalue weighted by molar-refractivity contribution is 7.12. The Morgan fingerprint density at radius 2 is 2.22 bits per heavy atom. The number of nitrogens with two attached hydrogens (primary N) is 1. The van der Waals surface area contributed by atoms with Gasteiger partial charge in [-0.3, -0.25) is 4.90 Å². The van der Waals surface area contributed by atoms with E-state index in [1.165, 1.54) is 24.3 Å². The molecule has 1 aliphatic rings. The van der Waals surface area contributed by atoms with Gasteiger partial charge in [-0.2, -0.15) is 0 Å². The normalized spacial score (nSPS) is 24.6. The number of nitrogens with zero attached hydrogens (tertiary/aromatic N) is 1. The number of hydrogen-bond acceptors (Lipinski definition) is 3. The first-order valence-electron chi connectivity index (χ1n) is 6.70. The predicted molar refractivity (Wildman–Crippen MR) is 78.5 cm³/mol. The van der Waals surface area contributed by atoms with Crippen LogP contribution in [0.15, 0.2) is 12.1 Å². The lowest BCUT2D eigenvalue weighted by atomic mass is 9.95. The van der Waals surface area contributed by atoms with Crippen LogP contribution in [-0.4, -0.2) is 24.0 Å². The first-order chi connectivity index (χ1) is 8.69. The highest BCUT2D eigenvalue weighted by Gasteiger charge is 2.22. The Bertz CT molecular complexity index is 441. The van der Waals surface area contributed by atoms with Gasteiger partial charge in [0.05, 0.1) is 11.4 Å². The van der Waals surface area contributed by atoms with Crippen LogP contribution in [0.2, 0.25) is 0 Å². The van der Waals surface area contributed by atoms with Gasteiger partial charge in [0.15, 0.2) is 0 Å². The minimum atomic E-state index is 0.438. The van der Waals surface area contributed by atoms with Gasteiger partial charge in [-0.1, -0.05) is 18.8 Å². The van der Waals surface area contributed by atoms with Crippen LogP contribution < -0.4 is 5.73 Å². The molecule has 1 aliphatic heterocycles. The lowest BCUT2D eigenvalue weighted by molar-refractivity contribution is 0.118. The van der Waals surface area contributed by atoms with Gasteiger partial charge < -0.3 is 5.73 Å². The maximum atomic E-state index is 5.39. The van der Waals surface area contributed by atoms with Crippen LogP contribution in [0, 0.1) is 17.8 Å². The summed E-state index contributed by atoms with van der Waals surface area (Å²) in [5.74, 6) is 6.85. The van der Waals surface area contributed by atoms with E-state index in [1.807, 2.05) is 0 Å². The van der Waals surface area contributed by atoms with E-state index >= 15 is 0 Å². The third kappa shape index (κ3) is 3.58. The second-order valence-corrected chi connectivity index (χ2v) is 6.40. The fraction of sp³-hybridized carbons (Fsp3) is 0.600. The molecule has 2 unspecified atom stereocenters. The Labute approximate surface area is 114 Å². The van der Waals surface area contributed by atoms with Crippen LogP contribution in [-0.2, 0) is 6.54 Å². The molecule has 2 heterocycles. The van der Waals surface area contributed by atoms with Crippen LogP contribution in [0.4, 0.5) is 0 Å². The van der Waals surface area contributed by atoms with E-state index in [0.29, 0.717) is 12.6 Å². The summed E-state index contributed by atoms with van der Waals surface area (Å²) < 4.78 is 0. The Morgan fingerprint density at radius 1 is 1.39 bits per heavy atom. The maximum Gasteiger partial charge on any atom is 0.0772 e. The summed E-state index contributed by atoms with van der Waals surface area (Å²) in [5.41, 5.74) is 5.39. The largest absolute Gasteiger partial charge is 0.320 e. The molecular weight excluding hydrogens is 240 g/mol. The van der Waals surface area contributed by atoms with E-state index in [4.69, 9.17) is 5.73 Å².